The highest BCUT2D eigenvalue weighted by Crippen LogP contribution is 2.37. The van der Waals surface area contributed by atoms with Gasteiger partial charge < -0.3 is 16.4 Å². The molecular formula is C15H34N4. The minimum atomic E-state index is 0.260. The molecule has 0 aliphatic carbocycles. The molecule has 2 saturated heterocycles. The van der Waals surface area contributed by atoms with Crippen molar-refractivity contribution in [1.29, 1.82) is 0 Å². The van der Waals surface area contributed by atoms with E-state index in [1.54, 1.807) is 0 Å². The molecule has 19 heavy (non-hydrogen) atoms. The molecule has 4 nitrogen and oxygen atoms in total. The Labute approximate surface area is 119 Å². The van der Waals surface area contributed by atoms with Crippen molar-refractivity contribution in [2.75, 3.05) is 32.7 Å². The lowest BCUT2D eigenvalue weighted by Crippen LogP contribution is -2.62. The van der Waals surface area contributed by atoms with Gasteiger partial charge in [-0.15, -0.1) is 0 Å². The van der Waals surface area contributed by atoms with Crippen LogP contribution >= 0.6 is 0 Å². The van der Waals surface area contributed by atoms with Gasteiger partial charge in [-0.25, -0.2) is 0 Å². The summed E-state index contributed by atoms with van der Waals surface area (Å²) in [5.74, 6) is 0. The third-order valence-corrected chi connectivity index (χ3v) is 4.26. The fourth-order valence-corrected chi connectivity index (χ4v) is 3.85. The van der Waals surface area contributed by atoms with E-state index in [-0.39, 0.29) is 11.1 Å². The Morgan fingerprint density at radius 2 is 1.32 bits per heavy atom. The second-order valence-corrected chi connectivity index (χ2v) is 7.04. The van der Waals surface area contributed by atoms with E-state index in [2.05, 4.69) is 50.2 Å². The molecule has 0 radical (unpaired) electrons. The van der Waals surface area contributed by atoms with Gasteiger partial charge in [0.25, 0.3) is 0 Å². The molecule has 4 N–H and O–H groups in total. The number of hydrogen-bond donors (Lipinski definition) is 3. The molecule has 2 rings (SSSR count). The van der Waals surface area contributed by atoms with Crippen molar-refractivity contribution in [2.24, 2.45) is 5.73 Å². The highest BCUT2D eigenvalue weighted by Gasteiger charge is 2.42. The summed E-state index contributed by atoms with van der Waals surface area (Å²) >= 11 is 0. The van der Waals surface area contributed by atoms with Crippen molar-refractivity contribution in [3.63, 3.8) is 0 Å². The molecule has 0 aromatic carbocycles. The van der Waals surface area contributed by atoms with Gasteiger partial charge in [-0.2, -0.15) is 0 Å². The zero-order valence-corrected chi connectivity index (χ0v) is 13.6. The van der Waals surface area contributed by atoms with Crippen molar-refractivity contribution >= 4 is 0 Å². The Balaban J connectivity index is 0.000000250. The Hall–Kier alpha value is -0.160. The van der Waals surface area contributed by atoms with E-state index in [0.29, 0.717) is 6.04 Å². The molecule has 114 valence electrons. The Bertz CT molecular complexity index is 229. The van der Waals surface area contributed by atoms with Crippen LogP contribution in [0.4, 0.5) is 0 Å². The summed E-state index contributed by atoms with van der Waals surface area (Å²) in [6.45, 7) is 17.1. The first kappa shape index (κ1) is 16.9. The monoisotopic (exact) mass is 270 g/mol. The van der Waals surface area contributed by atoms with Gasteiger partial charge >= 0.3 is 0 Å². The molecule has 0 unspecified atom stereocenters. The van der Waals surface area contributed by atoms with E-state index in [1.165, 1.54) is 0 Å². The number of hydrogen-bond acceptors (Lipinski definition) is 4. The first-order valence-electron chi connectivity index (χ1n) is 7.74. The molecule has 2 heterocycles. The second kappa shape index (κ2) is 7.02. The summed E-state index contributed by atoms with van der Waals surface area (Å²) < 4.78 is 0. The van der Waals surface area contributed by atoms with E-state index in [0.717, 1.165) is 45.6 Å². The number of rotatable bonds is 1. The topological polar surface area (TPSA) is 53.3 Å². The van der Waals surface area contributed by atoms with E-state index in [4.69, 9.17) is 5.73 Å². The van der Waals surface area contributed by atoms with Crippen LogP contribution in [0.1, 0.15) is 47.5 Å². The minimum Gasteiger partial charge on any atom is -0.328 e. The van der Waals surface area contributed by atoms with Crippen molar-refractivity contribution in [2.45, 2.75) is 64.6 Å². The van der Waals surface area contributed by atoms with Crippen LogP contribution in [-0.4, -0.2) is 54.7 Å². The first-order valence-corrected chi connectivity index (χ1v) is 7.74. The molecule has 0 amide bonds. The second-order valence-electron chi connectivity index (χ2n) is 7.04. The zero-order valence-electron chi connectivity index (χ0n) is 13.6. The van der Waals surface area contributed by atoms with Gasteiger partial charge in [0.1, 0.15) is 0 Å². The lowest BCUT2D eigenvalue weighted by atomic mass is 9.77. The number of nitrogens with one attached hydrogen (secondary N) is 2. The molecule has 2 fully saturated rings. The summed E-state index contributed by atoms with van der Waals surface area (Å²) in [5, 5.41) is 6.44. The molecule has 0 atom stereocenters. The third kappa shape index (κ3) is 5.03. The fraction of sp³-hybridized carbons (Fsp3) is 1.00. The third-order valence-electron chi connectivity index (χ3n) is 4.26. The van der Waals surface area contributed by atoms with Gasteiger partial charge in [0.05, 0.1) is 0 Å². The quantitative estimate of drug-likeness (QED) is 0.669. The maximum Gasteiger partial charge on any atom is 0.0173 e. The summed E-state index contributed by atoms with van der Waals surface area (Å²) in [6, 6.07) is 0.368. The van der Waals surface area contributed by atoms with Crippen LogP contribution in [0.15, 0.2) is 0 Å². The predicted octanol–water partition coefficient (Wildman–Crippen LogP) is 1.17. The maximum absolute atomic E-state index is 6.08. The van der Waals surface area contributed by atoms with E-state index < -0.39 is 0 Å². The summed E-state index contributed by atoms with van der Waals surface area (Å²) in [6.07, 6.45) is 2.23. The van der Waals surface area contributed by atoms with Crippen LogP contribution in [0, 0.1) is 0 Å². The summed E-state index contributed by atoms with van der Waals surface area (Å²) in [4.78, 5) is 2.57. The van der Waals surface area contributed by atoms with Gasteiger partial charge in [0.2, 0.25) is 0 Å². The fourth-order valence-electron chi connectivity index (χ4n) is 3.85. The largest absolute Gasteiger partial charge is 0.328 e. The molecular weight excluding hydrogens is 236 g/mol. The van der Waals surface area contributed by atoms with Crippen LogP contribution in [0.25, 0.3) is 0 Å². The molecule has 0 aromatic rings. The van der Waals surface area contributed by atoms with Gasteiger partial charge in [0.15, 0.2) is 0 Å². The van der Waals surface area contributed by atoms with Crippen molar-refractivity contribution in [3.05, 3.63) is 0 Å². The van der Waals surface area contributed by atoms with Gasteiger partial charge in [-0.1, -0.05) is 6.92 Å². The lowest BCUT2D eigenvalue weighted by molar-refractivity contribution is -0.0300. The standard InChI is InChI=1S/C11H24N2.C4H10N2/c1-6-13-10(2,3)7-9(12)8-11(13,4)5;1-2-6-4-3-5-1/h9H,6-8,12H2,1-5H3;5-6H,1-4H2. The Morgan fingerprint density at radius 3 is 1.58 bits per heavy atom. The summed E-state index contributed by atoms with van der Waals surface area (Å²) in [7, 11) is 0. The maximum atomic E-state index is 6.08. The highest BCUT2D eigenvalue weighted by atomic mass is 15.3. The smallest absolute Gasteiger partial charge is 0.0173 e. The average Bonchev–Trinajstić information content (AvgIpc) is 2.28. The van der Waals surface area contributed by atoms with Gasteiger partial charge in [-0.3, -0.25) is 4.90 Å². The van der Waals surface area contributed by atoms with Crippen LogP contribution in [-0.2, 0) is 0 Å². The molecule has 0 aromatic heterocycles. The average molecular weight is 270 g/mol. The van der Waals surface area contributed by atoms with Crippen molar-refractivity contribution in [3.8, 4) is 0 Å². The first-order chi connectivity index (χ1) is 8.79. The van der Waals surface area contributed by atoms with Crippen LogP contribution in [0.2, 0.25) is 0 Å². The highest BCUT2D eigenvalue weighted by molar-refractivity contribution is 5.00. The number of likely N-dealkylation sites (tertiary alicyclic amines) is 1. The zero-order chi connectivity index (χ0) is 14.5. The normalized spacial score (nSPS) is 27.5. The van der Waals surface area contributed by atoms with Gasteiger partial charge in [0, 0.05) is 43.3 Å². The lowest BCUT2D eigenvalue weighted by Gasteiger charge is -2.54. The molecule has 2 aliphatic rings. The molecule has 2 aliphatic heterocycles. The Kier molecular flexibility index (Phi) is 6.24. The SMILES string of the molecule is C1CNCCN1.CCN1C(C)(C)CC(N)CC1(C)C. The van der Waals surface area contributed by atoms with Crippen LogP contribution in [0.5, 0.6) is 0 Å². The van der Waals surface area contributed by atoms with Crippen molar-refractivity contribution < 1.29 is 0 Å². The number of piperazine rings is 1. The minimum absolute atomic E-state index is 0.260. The van der Waals surface area contributed by atoms with E-state index >= 15 is 0 Å². The molecule has 0 bridgehead atoms. The van der Waals surface area contributed by atoms with Crippen LogP contribution in [0.3, 0.4) is 0 Å². The molecule has 4 heteroatoms. The van der Waals surface area contributed by atoms with Crippen molar-refractivity contribution in [1.82, 2.24) is 15.5 Å². The number of nitrogens with two attached hydrogens (primary N) is 1. The predicted molar refractivity (Wildman–Crippen MR) is 83.5 cm³/mol. The number of nitrogens with zero attached hydrogens (tertiary/aromatic N) is 1. The number of piperidine rings is 1. The van der Waals surface area contributed by atoms with Crippen LogP contribution < -0.4 is 16.4 Å². The molecule has 0 spiro atoms. The summed E-state index contributed by atoms with van der Waals surface area (Å²) in [5.41, 5.74) is 6.60. The van der Waals surface area contributed by atoms with Gasteiger partial charge in [-0.05, 0) is 47.1 Å². The molecule has 0 saturated carbocycles. The van der Waals surface area contributed by atoms with E-state index in [1.807, 2.05) is 0 Å². The van der Waals surface area contributed by atoms with E-state index in [9.17, 15) is 0 Å². The Morgan fingerprint density at radius 1 is 0.947 bits per heavy atom.